The molecule has 1 atom stereocenters. The van der Waals surface area contributed by atoms with Gasteiger partial charge in [0.25, 0.3) is 0 Å². The second kappa shape index (κ2) is 4.13. The van der Waals surface area contributed by atoms with Crippen LogP contribution < -0.4 is 5.73 Å². The molecule has 0 amide bonds. The van der Waals surface area contributed by atoms with Crippen molar-refractivity contribution in [2.45, 2.75) is 26.2 Å². The highest BCUT2D eigenvalue weighted by Gasteiger charge is 2.40. The number of halogens is 2. The monoisotopic (exact) mass is 225 g/mol. The highest BCUT2D eigenvalue weighted by atomic mass is 19.1. The molecule has 0 aliphatic heterocycles. The standard InChI is InChI=1S/C13H17F2N/c1-13(8-16,10-2-3-10)7-9-6-11(14)4-5-12(9)15/h4-6,10H,2-3,7-8,16H2,1H3. The first-order valence-electron chi connectivity index (χ1n) is 5.69. The van der Waals surface area contributed by atoms with E-state index in [1.165, 1.54) is 12.1 Å². The Kier molecular flexibility index (Phi) is 2.98. The lowest BCUT2D eigenvalue weighted by Crippen LogP contribution is -2.32. The smallest absolute Gasteiger partial charge is 0.126 e. The third-order valence-corrected chi connectivity index (χ3v) is 3.63. The lowest BCUT2D eigenvalue weighted by atomic mass is 9.79. The van der Waals surface area contributed by atoms with Gasteiger partial charge in [0, 0.05) is 0 Å². The summed E-state index contributed by atoms with van der Waals surface area (Å²) in [7, 11) is 0. The first-order valence-corrected chi connectivity index (χ1v) is 5.69. The van der Waals surface area contributed by atoms with E-state index in [0.717, 1.165) is 18.9 Å². The predicted molar refractivity (Wildman–Crippen MR) is 59.9 cm³/mol. The zero-order chi connectivity index (χ0) is 11.8. The molecule has 1 aromatic carbocycles. The zero-order valence-electron chi connectivity index (χ0n) is 9.47. The lowest BCUT2D eigenvalue weighted by Gasteiger charge is -2.28. The van der Waals surface area contributed by atoms with E-state index in [1.807, 2.05) is 0 Å². The Labute approximate surface area is 94.7 Å². The molecule has 1 unspecified atom stereocenters. The van der Waals surface area contributed by atoms with Crippen molar-refractivity contribution in [2.75, 3.05) is 6.54 Å². The summed E-state index contributed by atoms with van der Waals surface area (Å²) in [6.45, 7) is 2.59. The van der Waals surface area contributed by atoms with Crippen molar-refractivity contribution in [2.24, 2.45) is 17.1 Å². The van der Waals surface area contributed by atoms with E-state index in [-0.39, 0.29) is 17.0 Å². The van der Waals surface area contributed by atoms with E-state index in [0.29, 0.717) is 24.4 Å². The number of rotatable bonds is 4. The second-order valence-corrected chi connectivity index (χ2v) is 5.04. The van der Waals surface area contributed by atoms with Gasteiger partial charge in [0.1, 0.15) is 11.6 Å². The summed E-state index contributed by atoms with van der Waals surface area (Å²) < 4.78 is 26.6. The molecule has 1 aliphatic rings. The van der Waals surface area contributed by atoms with Crippen LogP contribution in [0.5, 0.6) is 0 Å². The van der Waals surface area contributed by atoms with Gasteiger partial charge in [-0.05, 0) is 60.9 Å². The Bertz CT molecular complexity index is 388. The van der Waals surface area contributed by atoms with Gasteiger partial charge in [-0.15, -0.1) is 0 Å². The summed E-state index contributed by atoms with van der Waals surface area (Å²) in [5.41, 5.74) is 6.12. The number of nitrogens with two attached hydrogens (primary N) is 1. The Hall–Kier alpha value is -0.960. The van der Waals surface area contributed by atoms with Crippen LogP contribution in [0.2, 0.25) is 0 Å². The maximum atomic E-state index is 13.5. The maximum absolute atomic E-state index is 13.5. The van der Waals surface area contributed by atoms with Gasteiger partial charge < -0.3 is 5.73 Å². The van der Waals surface area contributed by atoms with Gasteiger partial charge in [-0.3, -0.25) is 0 Å². The fraction of sp³-hybridized carbons (Fsp3) is 0.538. The van der Waals surface area contributed by atoms with Gasteiger partial charge in [0.15, 0.2) is 0 Å². The van der Waals surface area contributed by atoms with Gasteiger partial charge in [0.2, 0.25) is 0 Å². The molecule has 1 nitrogen and oxygen atoms in total. The average Bonchev–Trinajstić information content (AvgIpc) is 3.07. The van der Waals surface area contributed by atoms with Gasteiger partial charge >= 0.3 is 0 Å². The molecule has 0 saturated heterocycles. The van der Waals surface area contributed by atoms with Gasteiger partial charge in [-0.25, -0.2) is 8.78 Å². The van der Waals surface area contributed by atoms with Crippen molar-refractivity contribution in [1.29, 1.82) is 0 Å². The van der Waals surface area contributed by atoms with Crippen molar-refractivity contribution in [3.8, 4) is 0 Å². The molecule has 2 rings (SSSR count). The number of benzene rings is 1. The zero-order valence-corrected chi connectivity index (χ0v) is 9.47. The van der Waals surface area contributed by atoms with Crippen molar-refractivity contribution in [3.63, 3.8) is 0 Å². The molecule has 88 valence electrons. The highest BCUT2D eigenvalue weighted by Crippen LogP contribution is 2.46. The molecular formula is C13H17F2N. The van der Waals surface area contributed by atoms with Crippen LogP contribution in [-0.2, 0) is 6.42 Å². The van der Waals surface area contributed by atoms with E-state index in [4.69, 9.17) is 5.73 Å². The third kappa shape index (κ3) is 2.24. The van der Waals surface area contributed by atoms with Crippen LogP contribution in [0.4, 0.5) is 8.78 Å². The highest BCUT2D eigenvalue weighted by molar-refractivity contribution is 5.21. The van der Waals surface area contributed by atoms with E-state index in [2.05, 4.69) is 6.92 Å². The molecule has 0 radical (unpaired) electrons. The van der Waals surface area contributed by atoms with Crippen molar-refractivity contribution in [3.05, 3.63) is 35.4 Å². The number of hydrogen-bond donors (Lipinski definition) is 1. The minimum atomic E-state index is -0.383. The minimum absolute atomic E-state index is 0.0887. The number of hydrogen-bond acceptors (Lipinski definition) is 1. The van der Waals surface area contributed by atoms with Gasteiger partial charge in [-0.2, -0.15) is 0 Å². The fourth-order valence-electron chi connectivity index (χ4n) is 2.28. The SMILES string of the molecule is CC(CN)(Cc1cc(F)ccc1F)C1CC1. The second-order valence-electron chi connectivity index (χ2n) is 5.04. The van der Waals surface area contributed by atoms with E-state index in [9.17, 15) is 8.78 Å². The molecule has 1 aliphatic carbocycles. The van der Waals surface area contributed by atoms with Crippen LogP contribution >= 0.6 is 0 Å². The van der Waals surface area contributed by atoms with E-state index < -0.39 is 0 Å². The molecular weight excluding hydrogens is 208 g/mol. The molecule has 0 aromatic heterocycles. The van der Waals surface area contributed by atoms with Crippen molar-refractivity contribution >= 4 is 0 Å². The Balaban J connectivity index is 2.21. The normalized spacial score (nSPS) is 19.5. The largest absolute Gasteiger partial charge is 0.330 e. The van der Waals surface area contributed by atoms with Crippen LogP contribution in [0, 0.1) is 23.0 Å². The van der Waals surface area contributed by atoms with Crippen LogP contribution in [0.3, 0.4) is 0 Å². The summed E-state index contributed by atoms with van der Waals surface area (Å²) in [5.74, 6) is -0.145. The van der Waals surface area contributed by atoms with Crippen LogP contribution in [0.25, 0.3) is 0 Å². The van der Waals surface area contributed by atoms with Gasteiger partial charge in [0.05, 0.1) is 0 Å². The maximum Gasteiger partial charge on any atom is 0.126 e. The predicted octanol–water partition coefficient (Wildman–Crippen LogP) is 2.88. The average molecular weight is 225 g/mol. The molecule has 1 aromatic rings. The van der Waals surface area contributed by atoms with Crippen LogP contribution in [0.15, 0.2) is 18.2 Å². The minimum Gasteiger partial charge on any atom is -0.330 e. The van der Waals surface area contributed by atoms with Crippen molar-refractivity contribution < 1.29 is 8.78 Å². The summed E-state index contributed by atoms with van der Waals surface area (Å²) in [5, 5.41) is 0. The quantitative estimate of drug-likeness (QED) is 0.837. The first-order chi connectivity index (χ1) is 7.55. The fourth-order valence-corrected chi connectivity index (χ4v) is 2.28. The van der Waals surface area contributed by atoms with Crippen LogP contribution in [0.1, 0.15) is 25.3 Å². The molecule has 0 bridgehead atoms. The molecule has 1 saturated carbocycles. The Morgan fingerprint density at radius 3 is 2.62 bits per heavy atom. The summed E-state index contributed by atoms with van der Waals surface area (Å²) in [4.78, 5) is 0. The van der Waals surface area contributed by atoms with Gasteiger partial charge in [-0.1, -0.05) is 6.92 Å². The molecule has 16 heavy (non-hydrogen) atoms. The van der Waals surface area contributed by atoms with E-state index >= 15 is 0 Å². The Morgan fingerprint density at radius 2 is 2.06 bits per heavy atom. The lowest BCUT2D eigenvalue weighted by molar-refractivity contribution is 0.278. The topological polar surface area (TPSA) is 26.0 Å². The third-order valence-electron chi connectivity index (χ3n) is 3.63. The molecule has 0 heterocycles. The molecule has 0 spiro atoms. The summed E-state index contributed by atoms with van der Waals surface area (Å²) in [6.07, 6.45) is 2.84. The molecule has 1 fully saturated rings. The van der Waals surface area contributed by atoms with Crippen LogP contribution in [-0.4, -0.2) is 6.54 Å². The van der Waals surface area contributed by atoms with E-state index in [1.54, 1.807) is 0 Å². The summed E-state index contributed by atoms with van der Waals surface area (Å²) >= 11 is 0. The Morgan fingerprint density at radius 1 is 1.38 bits per heavy atom. The first kappa shape index (κ1) is 11.5. The van der Waals surface area contributed by atoms with Crippen molar-refractivity contribution in [1.82, 2.24) is 0 Å². The molecule has 3 heteroatoms. The molecule has 2 N–H and O–H groups in total. The summed E-state index contributed by atoms with van der Waals surface area (Å²) in [6, 6.07) is 3.62.